The summed E-state index contributed by atoms with van der Waals surface area (Å²) in [6, 6.07) is 30.6. The molecule has 1 N–H and O–H groups in total. The van der Waals surface area contributed by atoms with E-state index < -0.39 is 28.5 Å². The van der Waals surface area contributed by atoms with Crippen LogP contribution in [0.25, 0.3) is 0 Å². The van der Waals surface area contributed by atoms with E-state index >= 15 is 0 Å². The summed E-state index contributed by atoms with van der Waals surface area (Å²) in [7, 11) is -4.15. The average molecular weight is 723 g/mol. The molecule has 0 spiro atoms. The Balaban J connectivity index is 1.55. The fourth-order valence-corrected chi connectivity index (χ4v) is 7.57. The molecule has 4 aromatic carbocycles. The number of amides is 2. The van der Waals surface area contributed by atoms with Gasteiger partial charge >= 0.3 is 0 Å². The summed E-state index contributed by atoms with van der Waals surface area (Å²) in [4.78, 5) is 30.3. The first-order valence-electron chi connectivity index (χ1n) is 15.4. The number of sulfonamides is 1. The molecule has 0 unspecified atom stereocenters. The maximum Gasteiger partial charge on any atom is 0.264 e. The van der Waals surface area contributed by atoms with Crippen molar-refractivity contribution in [1.82, 2.24) is 10.2 Å². The summed E-state index contributed by atoms with van der Waals surface area (Å²) in [5.41, 5.74) is 1.99. The highest BCUT2D eigenvalue weighted by Crippen LogP contribution is 2.27. The lowest BCUT2D eigenvalue weighted by atomic mass is 9.94. The second-order valence-electron chi connectivity index (χ2n) is 11.5. The lowest BCUT2D eigenvalue weighted by Gasteiger charge is -2.35. The van der Waals surface area contributed by atoms with Gasteiger partial charge in [-0.2, -0.15) is 0 Å². The second kappa shape index (κ2) is 15.8. The molecular weight excluding hydrogens is 686 g/mol. The normalized spacial score (nSPS) is 14.3. The van der Waals surface area contributed by atoms with Crippen molar-refractivity contribution in [2.75, 3.05) is 10.8 Å². The predicted octanol–water partition coefficient (Wildman–Crippen LogP) is 7.39. The predicted molar refractivity (Wildman–Crippen MR) is 186 cm³/mol. The molecule has 0 heterocycles. The van der Waals surface area contributed by atoms with Crippen LogP contribution in [0.3, 0.4) is 0 Å². The van der Waals surface area contributed by atoms with Gasteiger partial charge in [0.15, 0.2) is 0 Å². The van der Waals surface area contributed by atoms with E-state index in [9.17, 15) is 18.0 Å². The Kier molecular flexibility index (Phi) is 11.5. The summed E-state index contributed by atoms with van der Waals surface area (Å²) >= 11 is 9.59. The number of carbonyl (C=O) groups is 2. The number of halogens is 2. The SMILES string of the molecule is O=C(NC1CCCCC1)[C@H](Cc1ccccc1)N(Cc1ccc(Cl)cc1)C(=O)CN(c1ccc(Br)cc1)S(=O)(=O)c1ccccc1. The van der Waals surface area contributed by atoms with Crippen molar-refractivity contribution in [3.8, 4) is 0 Å². The summed E-state index contributed by atoms with van der Waals surface area (Å²) in [5, 5.41) is 3.77. The molecule has 0 bridgehead atoms. The number of hydrogen-bond donors (Lipinski definition) is 1. The molecule has 10 heteroatoms. The minimum Gasteiger partial charge on any atom is -0.352 e. The topological polar surface area (TPSA) is 86.8 Å². The standard InChI is InChI=1S/C36H37BrClN3O4S/c37-29-18-22-32(23-19-29)41(46(44,45)33-14-8-3-9-15-33)26-35(42)40(25-28-16-20-30(38)21-17-28)34(24-27-10-4-1-5-11-27)36(43)39-31-12-6-2-7-13-31/h1,3-5,8-11,14-23,31,34H,2,6-7,12-13,24-26H2,(H,39,43)/t34-/m0/s1. The van der Waals surface area contributed by atoms with Crippen LogP contribution in [0.5, 0.6) is 0 Å². The van der Waals surface area contributed by atoms with E-state index in [-0.39, 0.29) is 29.8 Å². The van der Waals surface area contributed by atoms with Crippen molar-refractivity contribution >= 4 is 55.1 Å². The van der Waals surface area contributed by atoms with Crippen LogP contribution in [0.1, 0.15) is 43.2 Å². The molecule has 240 valence electrons. The highest BCUT2D eigenvalue weighted by molar-refractivity contribution is 9.10. The number of benzene rings is 4. The zero-order chi connectivity index (χ0) is 32.5. The van der Waals surface area contributed by atoms with Gasteiger partial charge in [0.2, 0.25) is 11.8 Å². The third-order valence-electron chi connectivity index (χ3n) is 8.21. The maximum absolute atomic E-state index is 14.6. The van der Waals surface area contributed by atoms with Gasteiger partial charge in [-0.15, -0.1) is 0 Å². The van der Waals surface area contributed by atoms with E-state index in [0.29, 0.717) is 10.7 Å². The molecule has 1 aliphatic carbocycles. The molecule has 4 aromatic rings. The highest BCUT2D eigenvalue weighted by Gasteiger charge is 2.35. The Morgan fingerprint density at radius 1 is 0.804 bits per heavy atom. The number of nitrogens with zero attached hydrogens (tertiary/aromatic N) is 2. The quantitative estimate of drug-likeness (QED) is 0.165. The number of nitrogens with one attached hydrogen (secondary N) is 1. The summed E-state index contributed by atoms with van der Waals surface area (Å²) in [6.45, 7) is -0.417. The molecule has 0 aromatic heterocycles. The van der Waals surface area contributed by atoms with E-state index in [1.807, 2.05) is 42.5 Å². The smallest absolute Gasteiger partial charge is 0.264 e. The zero-order valence-electron chi connectivity index (χ0n) is 25.4. The molecule has 0 saturated heterocycles. The fraction of sp³-hybridized carbons (Fsp3) is 0.278. The monoisotopic (exact) mass is 721 g/mol. The van der Waals surface area contributed by atoms with E-state index in [1.165, 1.54) is 17.0 Å². The number of rotatable bonds is 12. The first-order valence-corrected chi connectivity index (χ1v) is 18.0. The van der Waals surface area contributed by atoms with Gasteiger partial charge in [-0.1, -0.05) is 107 Å². The minimum absolute atomic E-state index is 0.0322. The van der Waals surface area contributed by atoms with Crippen molar-refractivity contribution in [2.45, 2.75) is 62.0 Å². The van der Waals surface area contributed by atoms with Gasteiger partial charge in [0.1, 0.15) is 12.6 Å². The van der Waals surface area contributed by atoms with Gasteiger partial charge in [0.25, 0.3) is 10.0 Å². The highest BCUT2D eigenvalue weighted by atomic mass is 79.9. The van der Waals surface area contributed by atoms with Crippen LogP contribution in [0, 0.1) is 0 Å². The third kappa shape index (κ3) is 8.78. The molecule has 0 radical (unpaired) electrons. The third-order valence-corrected chi connectivity index (χ3v) is 10.8. The van der Waals surface area contributed by atoms with Crippen LogP contribution in [-0.2, 0) is 32.6 Å². The second-order valence-corrected chi connectivity index (χ2v) is 14.7. The minimum atomic E-state index is -4.15. The van der Waals surface area contributed by atoms with E-state index in [4.69, 9.17) is 11.6 Å². The van der Waals surface area contributed by atoms with Crippen LogP contribution < -0.4 is 9.62 Å². The first-order chi connectivity index (χ1) is 22.2. The molecular formula is C36H37BrClN3O4S. The average Bonchev–Trinajstić information content (AvgIpc) is 3.07. The van der Waals surface area contributed by atoms with Crippen molar-refractivity contribution in [1.29, 1.82) is 0 Å². The van der Waals surface area contributed by atoms with Crippen molar-refractivity contribution in [2.24, 2.45) is 0 Å². The molecule has 1 aliphatic rings. The molecule has 5 rings (SSSR count). The molecule has 1 fully saturated rings. The van der Waals surface area contributed by atoms with Crippen LogP contribution in [0.4, 0.5) is 5.69 Å². The van der Waals surface area contributed by atoms with E-state index in [1.54, 1.807) is 54.6 Å². The molecule has 2 amide bonds. The van der Waals surface area contributed by atoms with E-state index in [2.05, 4.69) is 21.2 Å². The Morgan fingerprint density at radius 2 is 1.41 bits per heavy atom. The van der Waals surface area contributed by atoms with Gasteiger partial charge in [-0.05, 0) is 72.5 Å². The van der Waals surface area contributed by atoms with E-state index in [0.717, 1.165) is 52.0 Å². The Labute approximate surface area is 284 Å². The van der Waals surface area contributed by atoms with Gasteiger partial charge in [0, 0.05) is 28.5 Å². The fourth-order valence-electron chi connectivity index (χ4n) is 5.74. The molecule has 1 atom stereocenters. The Morgan fingerprint density at radius 3 is 2.04 bits per heavy atom. The first kappa shape index (κ1) is 33.7. The van der Waals surface area contributed by atoms with Crippen molar-refractivity contribution in [3.05, 3.63) is 130 Å². The van der Waals surface area contributed by atoms with Crippen molar-refractivity contribution < 1.29 is 18.0 Å². The summed E-state index contributed by atoms with van der Waals surface area (Å²) in [5.74, 6) is -0.753. The molecule has 46 heavy (non-hydrogen) atoms. The molecule has 1 saturated carbocycles. The van der Waals surface area contributed by atoms with Crippen molar-refractivity contribution in [3.63, 3.8) is 0 Å². The van der Waals surface area contributed by atoms with Gasteiger partial charge < -0.3 is 10.2 Å². The molecule has 0 aliphatic heterocycles. The largest absolute Gasteiger partial charge is 0.352 e. The lowest BCUT2D eigenvalue weighted by Crippen LogP contribution is -2.55. The number of carbonyl (C=O) groups excluding carboxylic acids is 2. The summed E-state index contributed by atoms with van der Waals surface area (Å²) in [6.07, 6.45) is 5.27. The van der Waals surface area contributed by atoms with Gasteiger partial charge in [-0.3, -0.25) is 13.9 Å². The van der Waals surface area contributed by atoms with Crippen LogP contribution in [0.2, 0.25) is 5.02 Å². The Bertz CT molecular complexity index is 1700. The molecule has 7 nitrogen and oxygen atoms in total. The number of anilines is 1. The maximum atomic E-state index is 14.6. The Hall–Kier alpha value is -3.66. The van der Waals surface area contributed by atoms with Gasteiger partial charge in [-0.25, -0.2) is 8.42 Å². The van der Waals surface area contributed by atoms with Gasteiger partial charge in [0.05, 0.1) is 10.6 Å². The van der Waals surface area contributed by atoms with Crippen LogP contribution >= 0.6 is 27.5 Å². The van der Waals surface area contributed by atoms with Crippen LogP contribution in [-0.4, -0.2) is 43.8 Å². The number of hydrogen-bond acceptors (Lipinski definition) is 4. The van der Waals surface area contributed by atoms with Crippen LogP contribution in [0.15, 0.2) is 119 Å². The zero-order valence-corrected chi connectivity index (χ0v) is 28.6. The summed E-state index contributed by atoms with van der Waals surface area (Å²) < 4.78 is 30.0. The lowest BCUT2D eigenvalue weighted by molar-refractivity contribution is -0.140.